The fourth-order valence-corrected chi connectivity index (χ4v) is 2.12. The lowest BCUT2D eigenvalue weighted by molar-refractivity contribution is 0.101. The van der Waals surface area contributed by atoms with Crippen molar-refractivity contribution in [2.75, 3.05) is 32.9 Å². The van der Waals surface area contributed by atoms with Crippen molar-refractivity contribution in [3.63, 3.8) is 0 Å². The van der Waals surface area contributed by atoms with E-state index in [1.807, 2.05) is 12.1 Å². The summed E-state index contributed by atoms with van der Waals surface area (Å²) in [5, 5.41) is 3.36. The van der Waals surface area contributed by atoms with Gasteiger partial charge < -0.3 is 14.8 Å². The minimum absolute atomic E-state index is 0.532. The first-order valence-electron chi connectivity index (χ1n) is 8.29. The standard InChI is InChI=1S/C18H31NO2/c1-4-6-11-19-12-13-20-14-15-21-18-10-8-7-9-17(18)16(3)5-2/h7-10,16,19H,4-6,11-15H2,1-3H3/t16-/m1/s1. The molecule has 1 rings (SSSR count). The normalized spacial score (nSPS) is 12.3. The van der Waals surface area contributed by atoms with Crippen LogP contribution >= 0.6 is 0 Å². The molecule has 0 aliphatic heterocycles. The molecule has 0 fully saturated rings. The van der Waals surface area contributed by atoms with E-state index >= 15 is 0 Å². The summed E-state index contributed by atoms with van der Waals surface area (Å²) in [6, 6.07) is 8.31. The molecule has 3 nitrogen and oxygen atoms in total. The monoisotopic (exact) mass is 293 g/mol. The van der Waals surface area contributed by atoms with Crippen molar-refractivity contribution in [3.8, 4) is 5.75 Å². The molecule has 0 aromatic heterocycles. The van der Waals surface area contributed by atoms with Crippen LogP contribution in [0.1, 0.15) is 51.5 Å². The number of rotatable bonds is 12. The third-order valence-electron chi connectivity index (χ3n) is 3.68. The number of benzene rings is 1. The zero-order valence-corrected chi connectivity index (χ0v) is 13.9. The molecular weight excluding hydrogens is 262 g/mol. The minimum Gasteiger partial charge on any atom is -0.491 e. The van der Waals surface area contributed by atoms with Crippen molar-refractivity contribution in [3.05, 3.63) is 29.8 Å². The molecule has 0 spiro atoms. The van der Waals surface area contributed by atoms with Gasteiger partial charge in [0.25, 0.3) is 0 Å². The van der Waals surface area contributed by atoms with Crippen LogP contribution in [0.2, 0.25) is 0 Å². The molecule has 0 aliphatic carbocycles. The average molecular weight is 293 g/mol. The molecule has 0 saturated heterocycles. The largest absolute Gasteiger partial charge is 0.491 e. The zero-order chi connectivity index (χ0) is 15.3. The van der Waals surface area contributed by atoms with Crippen LogP contribution in [-0.2, 0) is 4.74 Å². The van der Waals surface area contributed by atoms with Crippen LogP contribution in [0.4, 0.5) is 0 Å². The highest BCUT2D eigenvalue weighted by Crippen LogP contribution is 2.28. The molecular formula is C18H31NO2. The smallest absolute Gasteiger partial charge is 0.122 e. The van der Waals surface area contributed by atoms with E-state index in [4.69, 9.17) is 9.47 Å². The van der Waals surface area contributed by atoms with Gasteiger partial charge in [-0.25, -0.2) is 0 Å². The SMILES string of the molecule is CCCCNCCOCCOc1ccccc1[C@H](C)CC. The molecule has 120 valence electrons. The molecule has 0 radical (unpaired) electrons. The Hall–Kier alpha value is -1.06. The molecule has 1 N–H and O–H groups in total. The predicted octanol–water partition coefficient (Wildman–Crippen LogP) is 3.99. The van der Waals surface area contributed by atoms with Gasteiger partial charge in [-0.3, -0.25) is 0 Å². The predicted molar refractivity (Wildman–Crippen MR) is 89.2 cm³/mol. The van der Waals surface area contributed by atoms with Crippen LogP contribution in [0.3, 0.4) is 0 Å². The summed E-state index contributed by atoms with van der Waals surface area (Å²) in [6.07, 6.45) is 3.59. The Labute approximate surface area is 130 Å². The lowest BCUT2D eigenvalue weighted by Gasteiger charge is -2.15. The van der Waals surface area contributed by atoms with Crippen molar-refractivity contribution in [1.29, 1.82) is 0 Å². The summed E-state index contributed by atoms with van der Waals surface area (Å²) in [6.45, 7) is 10.7. The van der Waals surface area contributed by atoms with Gasteiger partial charge in [-0.1, -0.05) is 45.4 Å². The van der Waals surface area contributed by atoms with Gasteiger partial charge in [0.05, 0.1) is 13.2 Å². The van der Waals surface area contributed by atoms with Gasteiger partial charge in [0.2, 0.25) is 0 Å². The van der Waals surface area contributed by atoms with Crippen LogP contribution in [0, 0.1) is 0 Å². The second-order valence-corrected chi connectivity index (χ2v) is 5.41. The second kappa shape index (κ2) is 11.6. The molecule has 0 heterocycles. The summed E-state index contributed by atoms with van der Waals surface area (Å²) in [5.74, 6) is 1.53. The topological polar surface area (TPSA) is 30.5 Å². The quantitative estimate of drug-likeness (QED) is 0.591. The number of hydrogen-bond acceptors (Lipinski definition) is 3. The number of para-hydroxylation sites is 1. The first-order valence-corrected chi connectivity index (χ1v) is 8.29. The zero-order valence-electron chi connectivity index (χ0n) is 13.9. The Morgan fingerprint density at radius 2 is 1.86 bits per heavy atom. The van der Waals surface area contributed by atoms with E-state index in [2.05, 4.69) is 38.2 Å². The van der Waals surface area contributed by atoms with Gasteiger partial charge in [-0.05, 0) is 36.9 Å². The van der Waals surface area contributed by atoms with Crippen molar-refractivity contribution in [2.45, 2.75) is 46.0 Å². The molecule has 0 bridgehead atoms. The first-order chi connectivity index (χ1) is 10.3. The molecule has 0 amide bonds. The summed E-state index contributed by atoms with van der Waals surface area (Å²) in [5.41, 5.74) is 1.29. The third-order valence-corrected chi connectivity index (χ3v) is 3.68. The van der Waals surface area contributed by atoms with Gasteiger partial charge in [-0.2, -0.15) is 0 Å². The Kier molecular flexibility index (Phi) is 9.92. The van der Waals surface area contributed by atoms with Crippen molar-refractivity contribution in [2.24, 2.45) is 0 Å². The number of nitrogens with one attached hydrogen (secondary N) is 1. The van der Waals surface area contributed by atoms with Gasteiger partial charge in [0.15, 0.2) is 0 Å². The van der Waals surface area contributed by atoms with E-state index in [0.29, 0.717) is 19.1 Å². The second-order valence-electron chi connectivity index (χ2n) is 5.41. The Morgan fingerprint density at radius 1 is 1.05 bits per heavy atom. The van der Waals surface area contributed by atoms with E-state index in [0.717, 1.165) is 31.9 Å². The summed E-state index contributed by atoms with van der Waals surface area (Å²) >= 11 is 0. The van der Waals surface area contributed by atoms with E-state index < -0.39 is 0 Å². The average Bonchev–Trinajstić information content (AvgIpc) is 2.53. The summed E-state index contributed by atoms with van der Waals surface area (Å²) in [4.78, 5) is 0. The highest BCUT2D eigenvalue weighted by Gasteiger charge is 2.08. The van der Waals surface area contributed by atoms with Crippen molar-refractivity contribution in [1.82, 2.24) is 5.32 Å². The summed E-state index contributed by atoms with van der Waals surface area (Å²) in [7, 11) is 0. The molecule has 1 aromatic carbocycles. The van der Waals surface area contributed by atoms with Gasteiger partial charge in [0.1, 0.15) is 12.4 Å². The van der Waals surface area contributed by atoms with E-state index in [-0.39, 0.29) is 0 Å². The minimum atomic E-state index is 0.532. The van der Waals surface area contributed by atoms with E-state index in [1.54, 1.807) is 0 Å². The molecule has 0 unspecified atom stereocenters. The molecule has 21 heavy (non-hydrogen) atoms. The maximum atomic E-state index is 5.86. The van der Waals surface area contributed by atoms with Gasteiger partial charge >= 0.3 is 0 Å². The number of ether oxygens (including phenoxy) is 2. The molecule has 0 aliphatic rings. The van der Waals surface area contributed by atoms with E-state index in [9.17, 15) is 0 Å². The fourth-order valence-electron chi connectivity index (χ4n) is 2.12. The van der Waals surface area contributed by atoms with Crippen molar-refractivity contribution < 1.29 is 9.47 Å². The third kappa shape index (κ3) is 7.49. The van der Waals surface area contributed by atoms with Crippen LogP contribution in [0.25, 0.3) is 0 Å². The van der Waals surface area contributed by atoms with Gasteiger partial charge in [0, 0.05) is 6.54 Å². The Morgan fingerprint density at radius 3 is 2.62 bits per heavy atom. The van der Waals surface area contributed by atoms with E-state index in [1.165, 1.54) is 18.4 Å². The number of hydrogen-bond donors (Lipinski definition) is 1. The Balaban J connectivity index is 2.15. The summed E-state index contributed by atoms with van der Waals surface area (Å²) < 4.78 is 11.4. The number of unbranched alkanes of at least 4 members (excludes halogenated alkanes) is 1. The van der Waals surface area contributed by atoms with Gasteiger partial charge in [-0.15, -0.1) is 0 Å². The van der Waals surface area contributed by atoms with Crippen LogP contribution in [0.15, 0.2) is 24.3 Å². The Bertz CT molecular complexity index is 368. The van der Waals surface area contributed by atoms with Crippen LogP contribution < -0.4 is 10.1 Å². The first kappa shape index (κ1) is 18.0. The molecule has 1 atom stereocenters. The highest BCUT2D eigenvalue weighted by molar-refractivity contribution is 5.35. The maximum absolute atomic E-state index is 5.86. The lowest BCUT2D eigenvalue weighted by Crippen LogP contribution is -2.21. The fraction of sp³-hybridized carbons (Fsp3) is 0.667. The maximum Gasteiger partial charge on any atom is 0.122 e. The van der Waals surface area contributed by atoms with Crippen molar-refractivity contribution >= 4 is 0 Å². The lowest BCUT2D eigenvalue weighted by atomic mass is 9.98. The van der Waals surface area contributed by atoms with Crippen LogP contribution in [-0.4, -0.2) is 32.9 Å². The molecule has 3 heteroatoms. The molecule has 0 saturated carbocycles. The van der Waals surface area contributed by atoms with Crippen LogP contribution in [0.5, 0.6) is 5.75 Å². The highest BCUT2D eigenvalue weighted by atomic mass is 16.5. The molecule has 1 aromatic rings.